The molecule has 4 rings (SSSR count). The minimum absolute atomic E-state index is 0.0230. The maximum Gasteiger partial charge on any atom is 0.244 e. The summed E-state index contributed by atoms with van der Waals surface area (Å²) in [5.74, 6) is 0.762. The molecule has 0 spiro atoms. The summed E-state index contributed by atoms with van der Waals surface area (Å²) in [5, 5.41) is 14.4. The lowest BCUT2D eigenvalue weighted by Gasteiger charge is -2.09. The van der Waals surface area contributed by atoms with Gasteiger partial charge in [0.2, 0.25) is 5.95 Å². The first-order valence-corrected chi connectivity index (χ1v) is 9.80. The highest BCUT2D eigenvalue weighted by Gasteiger charge is 2.09. The van der Waals surface area contributed by atoms with Gasteiger partial charge in [0, 0.05) is 16.7 Å². The van der Waals surface area contributed by atoms with E-state index in [-0.39, 0.29) is 5.75 Å². The standard InChI is InChI=1S/C25H22N4O2/c1-17-11-13-19(14-12-17)22-15-21(18-7-4-3-5-8-18)27-25(28-22)29-26-16-20-9-6-10-23(31-2)24(20)30/h3-16,30H,1-2H3,(H,27,28,29). The summed E-state index contributed by atoms with van der Waals surface area (Å²) in [6.07, 6.45) is 1.50. The van der Waals surface area contributed by atoms with Crippen LogP contribution in [0.1, 0.15) is 11.1 Å². The molecule has 0 aliphatic heterocycles. The van der Waals surface area contributed by atoms with Crippen LogP contribution in [0.25, 0.3) is 22.5 Å². The van der Waals surface area contributed by atoms with Crippen LogP contribution in [0, 0.1) is 6.92 Å². The van der Waals surface area contributed by atoms with Gasteiger partial charge in [-0.05, 0) is 25.1 Å². The summed E-state index contributed by atoms with van der Waals surface area (Å²) in [5.41, 5.74) is 8.13. The zero-order chi connectivity index (χ0) is 21.6. The van der Waals surface area contributed by atoms with Crippen LogP contribution >= 0.6 is 0 Å². The molecular formula is C25H22N4O2. The molecule has 0 aliphatic rings. The van der Waals surface area contributed by atoms with Gasteiger partial charge in [-0.2, -0.15) is 5.10 Å². The lowest BCUT2D eigenvalue weighted by atomic mass is 10.1. The number of anilines is 1. The number of aromatic hydroxyl groups is 1. The molecule has 2 N–H and O–H groups in total. The fourth-order valence-corrected chi connectivity index (χ4v) is 3.09. The molecule has 1 heterocycles. The number of hydrazone groups is 1. The summed E-state index contributed by atoms with van der Waals surface area (Å²) in [7, 11) is 1.50. The van der Waals surface area contributed by atoms with Gasteiger partial charge in [-0.25, -0.2) is 15.4 Å². The van der Waals surface area contributed by atoms with Crippen LogP contribution in [0.2, 0.25) is 0 Å². The summed E-state index contributed by atoms with van der Waals surface area (Å²) < 4.78 is 5.13. The van der Waals surface area contributed by atoms with Crippen molar-refractivity contribution in [3.8, 4) is 34.0 Å². The Bertz CT molecular complexity index is 1210. The number of hydrogen-bond acceptors (Lipinski definition) is 6. The van der Waals surface area contributed by atoms with Crippen LogP contribution in [0.4, 0.5) is 5.95 Å². The Hall–Kier alpha value is -4.19. The average molecular weight is 410 g/mol. The normalized spacial score (nSPS) is 10.9. The lowest BCUT2D eigenvalue weighted by Crippen LogP contribution is -2.00. The van der Waals surface area contributed by atoms with Gasteiger partial charge in [-0.3, -0.25) is 0 Å². The number of phenols is 1. The molecule has 0 saturated carbocycles. The number of aromatic nitrogens is 2. The average Bonchev–Trinajstić information content (AvgIpc) is 2.81. The summed E-state index contributed by atoms with van der Waals surface area (Å²) in [4.78, 5) is 9.23. The number of nitrogens with one attached hydrogen (secondary N) is 1. The molecule has 0 unspecified atom stereocenters. The minimum atomic E-state index is 0.0230. The smallest absolute Gasteiger partial charge is 0.244 e. The summed E-state index contributed by atoms with van der Waals surface area (Å²) >= 11 is 0. The van der Waals surface area contributed by atoms with Gasteiger partial charge in [0.1, 0.15) is 0 Å². The van der Waals surface area contributed by atoms with Crippen molar-refractivity contribution in [1.82, 2.24) is 9.97 Å². The second kappa shape index (κ2) is 9.09. The second-order valence-electron chi connectivity index (χ2n) is 6.96. The molecule has 0 saturated heterocycles. The Morgan fingerprint density at radius 3 is 2.23 bits per heavy atom. The third kappa shape index (κ3) is 4.70. The molecule has 0 radical (unpaired) electrons. The molecule has 0 bridgehead atoms. The van der Waals surface area contributed by atoms with E-state index in [1.165, 1.54) is 18.9 Å². The first-order chi connectivity index (χ1) is 15.1. The number of para-hydroxylation sites is 1. The Morgan fingerprint density at radius 2 is 1.55 bits per heavy atom. The van der Waals surface area contributed by atoms with Crippen LogP contribution in [0.5, 0.6) is 11.5 Å². The third-order valence-electron chi connectivity index (χ3n) is 4.76. The highest BCUT2D eigenvalue weighted by molar-refractivity contribution is 5.85. The molecule has 0 aliphatic carbocycles. The van der Waals surface area contributed by atoms with Crippen molar-refractivity contribution >= 4 is 12.2 Å². The number of ether oxygens (including phenoxy) is 1. The quantitative estimate of drug-likeness (QED) is 0.334. The van der Waals surface area contributed by atoms with Crippen molar-refractivity contribution in [2.24, 2.45) is 5.10 Å². The van der Waals surface area contributed by atoms with Crippen LogP contribution in [0.15, 0.2) is 84.0 Å². The van der Waals surface area contributed by atoms with Gasteiger partial charge >= 0.3 is 0 Å². The lowest BCUT2D eigenvalue weighted by molar-refractivity contribution is 0.373. The van der Waals surface area contributed by atoms with E-state index >= 15 is 0 Å². The summed E-state index contributed by atoms with van der Waals surface area (Å²) in [6, 6.07) is 25.3. The molecule has 1 aromatic heterocycles. The largest absolute Gasteiger partial charge is 0.504 e. The van der Waals surface area contributed by atoms with Gasteiger partial charge < -0.3 is 9.84 Å². The van der Waals surface area contributed by atoms with E-state index in [1.807, 2.05) is 48.5 Å². The van der Waals surface area contributed by atoms with Crippen molar-refractivity contribution in [2.75, 3.05) is 12.5 Å². The predicted molar refractivity (Wildman–Crippen MR) is 124 cm³/mol. The fourth-order valence-electron chi connectivity index (χ4n) is 3.09. The van der Waals surface area contributed by atoms with Crippen molar-refractivity contribution in [1.29, 1.82) is 0 Å². The highest BCUT2D eigenvalue weighted by Crippen LogP contribution is 2.28. The Balaban J connectivity index is 1.68. The molecule has 4 aromatic rings. The highest BCUT2D eigenvalue weighted by atomic mass is 16.5. The number of hydrogen-bond donors (Lipinski definition) is 2. The van der Waals surface area contributed by atoms with Gasteiger partial charge in [0.25, 0.3) is 0 Å². The predicted octanol–water partition coefficient (Wildman–Crippen LogP) is 5.28. The van der Waals surface area contributed by atoms with E-state index in [0.717, 1.165) is 22.5 Å². The van der Waals surface area contributed by atoms with E-state index in [2.05, 4.69) is 39.6 Å². The van der Waals surface area contributed by atoms with Crippen molar-refractivity contribution in [2.45, 2.75) is 6.92 Å². The summed E-state index contributed by atoms with van der Waals surface area (Å²) in [6.45, 7) is 2.05. The number of benzene rings is 3. The minimum Gasteiger partial charge on any atom is -0.504 e. The Labute approximate surface area is 180 Å². The van der Waals surface area contributed by atoms with Crippen molar-refractivity contribution < 1.29 is 9.84 Å². The van der Waals surface area contributed by atoms with Crippen LogP contribution in [-0.2, 0) is 0 Å². The molecule has 154 valence electrons. The number of rotatable bonds is 6. The molecule has 3 aromatic carbocycles. The zero-order valence-corrected chi connectivity index (χ0v) is 17.3. The molecule has 6 heteroatoms. The molecule has 0 atom stereocenters. The third-order valence-corrected chi connectivity index (χ3v) is 4.76. The maximum absolute atomic E-state index is 10.2. The van der Waals surface area contributed by atoms with Crippen molar-refractivity contribution in [3.63, 3.8) is 0 Å². The van der Waals surface area contributed by atoms with E-state index in [4.69, 9.17) is 4.74 Å². The number of phenolic OH excluding ortho intramolecular Hbond substituents is 1. The fraction of sp³-hybridized carbons (Fsp3) is 0.0800. The van der Waals surface area contributed by atoms with E-state index in [0.29, 0.717) is 17.3 Å². The maximum atomic E-state index is 10.2. The van der Waals surface area contributed by atoms with Crippen LogP contribution in [-0.4, -0.2) is 28.4 Å². The molecular weight excluding hydrogens is 388 g/mol. The monoisotopic (exact) mass is 410 g/mol. The molecule has 6 nitrogen and oxygen atoms in total. The van der Waals surface area contributed by atoms with Gasteiger partial charge in [-0.15, -0.1) is 0 Å². The number of aryl methyl sites for hydroxylation is 1. The SMILES string of the molecule is COc1cccc(C=NNc2nc(-c3ccccc3)cc(-c3ccc(C)cc3)n2)c1O. The molecule has 0 fully saturated rings. The topological polar surface area (TPSA) is 79.6 Å². The van der Waals surface area contributed by atoms with E-state index in [9.17, 15) is 5.11 Å². The first kappa shape index (κ1) is 20.1. The molecule has 31 heavy (non-hydrogen) atoms. The van der Waals surface area contributed by atoms with Gasteiger partial charge in [0.05, 0.1) is 24.7 Å². The Morgan fingerprint density at radius 1 is 0.871 bits per heavy atom. The number of nitrogens with zero attached hydrogens (tertiary/aromatic N) is 3. The number of methoxy groups -OCH3 is 1. The zero-order valence-electron chi connectivity index (χ0n) is 17.3. The van der Waals surface area contributed by atoms with Crippen LogP contribution in [0.3, 0.4) is 0 Å². The first-order valence-electron chi connectivity index (χ1n) is 9.80. The van der Waals surface area contributed by atoms with Gasteiger partial charge in [-0.1, -0.05) is 66.2 Å². The molecule has 0 amide bonds. The van der Waals surface area contributed by atoms with Crippen LogP contribution < -0.4 is 10.2 Å². The Kier molecular flexibility index (Phi) is 5.89. The van der Waals surface area contributed by atoms with E-state index < -0.39 is 0 Å². The van der Waals surface area contributed by atoms with E-state index in [1.54, 1.807) is 18.2 Å². The van der Waals surface area contributed by atoms with Gasteiger partial charge in [0.15, 0.2) is 11.5 Å². The van der Waals surface area contributed by atoms with Crippen molar-refractivity contribution in [3.05, 3.63) is 90.0 Å². The second-order valence-corrected chi connectivity index (χ2v) is 6.96.